The maximum absolute atomic E-state index is 12.9. The number of rotatable bonds is 5. The number of ether oxygens (including phenoxy) is 2. The summed E-state index contributed by atoms with van der Waals surface area (Å²) in [6, 6.07) is 16.7. The average molecular weight is 472 g/mol. The quantitative estimate of drug-likeness (QED) is 0.478. The van der Waals surface area contributed by atoms with Crippen LogP contribution in [0.5, 0.6) is 5.75 Å². The number of methoxy groups -OCH3 is 2. The molecule has 1 aliphatic heterocycles. The van der Waals surface area contributed by atoms with Crippen molar-refractivity contribution in [1.82, 2.24) is 19.9 Å². The van der Waals surface area contributed by atoms with Crippen molar-refractivity contribution in [3.05, 3.63) is 82.9 Å². The van der Waals surface area contributed by atoms with Gasteiger partial charge in [-0.3, -0.25) is 14.6 Å². The van der Waals surface area contributed by atoms with Gasteiger partial charge in [0.05, 0.1) is 24.7 Å². The molecule has 9 heteroatoms. The monoisotopic (exact) mass is 471 g/mol. The molecule has 1 atom stereocenters. The SMILES string of the molecule is COc1cccc2nc(-c3ccc(N4CCN(C(=O)c5cccnc5)C(OC)C4)cc3)[nH]c(=O)c12. The van der Waals surface area contributed by atoms with Gasteiger partial charge in [-0.05, 0) is 48.5 Å². The molecule has 0 aliphatic carbocycles. The molecule has 0 saturated carbocycles. The first-order chi connectivity index (χ1) is 17.1. The number of aromatic nitrogens is 3. The van der Waals surface area contributed by atoms with Crippen LogP contribution in [-0.4, -0.2) is 65.8 Å². The minimum Gasteiger partial charge on any atom is -0.496 e. The molecule has 4 aromatic rings. The van der Waals surface area contributed by atoms with Crippen molar-refractivity contribution in [3.8, 4) is 17.1 Å². The van der Waals surface area contributed by atoms with Crippen LogP contribution in [0.15, 0.2) is 71.8 Å². The van der Waals surface area contributed by atoms with E-state index in [1.54, 1.807) is 48.7 Å². The molecule has 178 valence electrons. The molecule has 1 aliphatic rings. The Morgan fingerprint density at radius 3 is 2.60 bits per heavy atom. The van der Waals surface area contributed by atoms with Crippen molar-refractivity contribution < 1.29 is 14.3 Å². The van der Waals surface area contributed by atoms with Crippen LogP contribution in [0.4, 0.5) is 5.69 Å². The lowest BCUT2D eigenvalue weighted by Gasteiger charge is -2.41. The number of pyridine rings is 1. The van der Waals surface area contributed by atoms with Gasteiger partial charge in [0, 0.05) is 43.8 Å². The second kappa shape index (κ2) is 9.55. The zero-order valence-electron chi connectivity index (χ0n) is 19.5. The van der Waals surface area contributed by atoms with Gasteiger partial charge in [0.2, 0.25) is 0 Å². The summed E-state index contributed by atoms with van der Waals surface area (Å²) in [5, 5.41) is 0.430. The number of nitrogens with one attached hydrogen (secondary N) is 1. The minimum absolute atomic E-state index is 0.0945. The molecule has 1 amide bonds. The number of aromatic amines is 1. The van der Waals surface area contributed by atoms with Gasteiger partial charge in [0.1, 0.15) is 23.2 Å². The predicted octanol–water partition coefficient (Wildman–Crippen LogP) is 2.93. The Bertz CT molecular complexity index is 1410. The van der Waals surface area contributed by atoms with Crippen LogP contribution in [-0.2, 0) is 4.74 Å². The number of hydrogen-bond acceptors (Lipinski definition) is 7. The summed E-state index contributed by atoms with van der Waals surface area (Å²) in [7, 11) is 3.14. The molecular weight excluding hydrogens is 446 g/mol. The Labute approximate surface area is 202 Å². The van der Waals surface area contributed by atoms with Crippen molar-refractivity contribution in [1.29, 1.82) is 0 Å². The third-order valence-corrected chi connectivity index (χ3v) is 6.20. The van der Waals surface area contributed by atoms with Crippen molar-refractivity contribution >= 4 is 22.5 Å². The van der Waals surface area contributed by atoms with Gasteiger partial charge < -0.3 is 24.3 Å². The smallest absolute Gasteiger partial charge is 0.262 e. The number of nitrogens with zero attached hydrogens (tertiary/aromatic N) is 4. The first kappa shape index (κ1) is 22.5. The molecule has 1 N–H and O–H groups in total. The van der Waals surface area contributed by atoms with Gasteiger partial charge in [-0.1, -0.05) is 6.07 Å². The summed E-state index contributed by atoms with van der Waals surface area (Å²) in [5.74, 6) is 0.888. The number of anilines is 1. The van der Waals surface area contributed by atoms with Gasteiger partial charge in [0.15, 0.2) is 0 Å². The van der Waals surface area contributed by atoms with Crippen molar-refractivity contribution in [2.24, 2.45) is 0 Å². The minimum atomic E-state index is -0.385. The Morgan fingerprint density at radius 2 is 1.89 bits per heavy atom. The fourth-order valence-corrected chi connectivity index (χ4v) is 4.37. The molecule has 2 aromatic heterocycles. The largest absolute Gasteiger partial charge is 0.496 e. The predicted molar refractivity (Wildman–Crippen MR) is 133 cm³/mol. The van der Waals surface area contributed by atoms with Gasteiger partial charge in [0.25, 0.3) is 11.5 Å². The Kier molecular flexibility index (Phi) is 6.15. The molecular formula is C26H25N5O4. The lowest BCUT2D eigenvalue weighted by Crippen LogP contribution is -2.56. The Morgan fingerprint density at radius 1 is 1.06 bits per heavy atom. The first-order valence-corrected chi connectivity index (χ1v) is 11.2. The van der Waals surface area contributed by atoms with Crippen LogP contribution in [0.3, 0.4) is 0 Å². The number of benzene rings is 2. The second-order valence-corrected chi connectivity index (χ2v) is 8.19. The molecule has 1 fully saturated rings. The van der Waals surface area contributed by atoms with E-state index >= 15 is 0 Å². The highest BCUT2D eigenvalue weighted by molar-refractivity contribution is 5.94. The normalized spacial score (nSPS) is 15.9. The highest BCUT2D eigenvalue weighted by Gasteiger charge is 2.31. The van der Waals surface area contributed by atoms with E-state index < -0.39 is 0 Å². The van der Waals surface area contributed by atoms with E-state index in [0.29, 0.717) is 47.7 Å². The molecule has 5 rings (SSSR count). The number of piperazine rings is 1. The summed E-state index contributed by atoms with van der Waals surface area (Å²) in [6.45, 7) is 1.72. The summed E-state index contributed by atoms with van der Waals surface area (Å²) in [6.07, 6.45) is 2.83. The van der Waals surface area contributed by atoms with Crippen LogP contribution in [0.25, 0.3) is 22.3 Å². The summed E-state index contributed by atoms with van der Waals surface area (Å²) >= 11 is 0. The van der Waals surface area contributed by atoms with Crippen LogP contribution in [0, 0.1) is 0 Å². The number of hydrogen-bond donors (Lipinski definition) is 1. The van der Waals surface area contributed by atoms with Gasteiger partial charge in [-0.25, -0.2) is 4.98 Å². The van der Waals surface area contributed by atoms with E-state index in [1.165, 1.54) is 7.11 Å². The third-order valence-electron chi connectivity index (χ3n) is 6.20. The maximum atomic E-state index is 12.9. The zero-order valence-corrected chi connectivity index (χ0v) is 19.5. The lowest BCUT2D eigenvalue weighted by molar-refractivity contribution is -0.0247. The van der Waals surface area contributed by atoms with Crippen LogP contribution < -0.4 is 15.2 Å². The third kappa shape index (κ3) is 4.33. The van der Waals surface area contributed by atoms with E-state index in [-0.39, 0.29) is 17.7 Å². The average Bonchev–Trinajstić information content (AvgIpc) is 2.92. The van der Waals surface area contributed by atoms with E-state index in [1.807, 2.05) is 30.3 Å². The molecule has 1 saturated heterocycles. The van der Waals surface area contributed by atoms with E-state index in [2.05, 4.69) is 19.9 Å². The van der Waals surface area contributed by atoms with Crippen molar-refractivity contribution in [2.45, 2.75) is 6.23 Å². The number of fused-ring (bicyclic) bond motifs is 1. The van der Waals surface area contributed by atoms with Gasteiger partial charge >= 0.3 is 0 Å². The summed E-state index contributed by atoms with van der Waals surface area (Å²) < 4.78 is 10.9. The highest BCUT2D eigenvalue weighted by atomic mass is 16.5. The molecule has 0 radical (unpaired) electrons. The molecule has 0 bridgehead atoms. The first-order valence-electron chi connectivity index (χ1n) is 11.2. The van der Waals surface area contributed by atoms with E-state index in [9.17, 15) is 9.59 Å². The van der Waals surface area contributed by atoms with Crippen LogP contribution >= 0.6 is 0 Å². The second-order valence-electron chi connectivity index (χ2n) is 8.19. The van der Waals surface area contributed by atoms with Crippen molar-refractivity contribution in [2.75, 3.05) is 38.8 Å². The lowest BCUT2D eigenvalue weighted by atomic mass is 10.1. The summed E-state index contributed by atoms with van der Waals surface area (Å²) in [5.41, 5.74) is 2.66. The van der Waals surface area contributed by atoms with Crippen LogP contribution in [0.2, 0.25) is 0 Å². The molecule has 9 nitrogen and oxygen atoms in total. The fourth-order valence-electron chi connectivity index (χ4n) is 4.37. The number of H-pyrrole nitrogens is 1. The van der Waals surface area contributed by atoms with Crippen molar-refractivity contribution in [3.63, 3.8) is 0 Å². The van der Waals surface area contributed by atoms with Crippen LogP contribution in [0.1, 0.15) is 10.4 Å². The number of amides is 1. The Balaban J connectivity index is 1.35. The molecule has 3 heterocycles. The number of carbonyl (C=O) groups excluding carboxylic acids is 1. The Hall–Kier alpha value is -4.24. The van der Waals surface area contributed by atoms with E-state index in [4.69, 9.17) is 9.47 Å². The standard InChI is InChI=1S/C26H25N5O4/c1-34-21-7-3-6-20-23(21)25(32)29-24(28-20)17-8-10-19(11-9-17)30-13-14-31(22(16-30)35-2)26(33)18-5-4-12-27-15-18/h3-12,15,22H,13-14,16H2,1-2H3,(H,28,29,32). The fraction of sp³-hybridized carbons (Fsp3) is 0.231. The zero-order chi connectivity index (χ0) is 24.4. The summed E-state index contributed by atoms with van der Waals surface area (Å²) in [4.78, 5) is 41.0. The maximum Gasteiger partial charge on any atom is 0.262 e. The molecule has 1 unspecified atom stereocenters. The molecule has 0 spiro atoms. The molecule has 2 aromatic carbocycles. The molecule has 35 heavy (non-hydrogen) atoms. The number of carbonyl (C=O) groups is 1. The van der Waals surface area contributed by atoms with E-state index in [0.717, 1.165) is 11.3 Å². The van der Waals surface area contributed by atoms with Gasteiger partial charge in [-0.2, -0.15) is 0 Å². The topological polar surface area (TPSA) is 101 Å². The highest BCUT2D eigenvalue weighted by Crippen LogP contribution is 2.26. The van der Waals surface area contributed by atoms with Gasteiger partial charge in [-0.15, -0.1) is 0 Å².